The third kappa shape index (κ3) is 2.92. The third-order valence-corrected chi connectivity index (χ3v) is 6.26. The Bertz CT molecular complexity index is 309. The number of ether oxygens (including phenoxy) is 1. The van der Waals surface area contributed by atoms with Gasteiger partial charge in [0.15, 0.2) is 0 Å². The molecule has 0 heterocycles. The first-order valence-corrected chi connectivity index (χ1v) is 8.95. The summed E-state index contributed by atoms with van der Waals surface area (Å²) in [6.45, 7) is 5.64. The fourth-order valence-electron chi connectivity index (χ4n) is 4.68. The van der Waals surface area contributed by atoms with Crippen LogP contribution in [0.3, 0.4) is 0 Å². The van der Waals surface area contributed by atoms with E-state index in [1.54, 1.807) is 0 Å². The van der Waals surface area contributed by atoms with Gasteiger partial charge >= 0.3 is 0 Å². The lowest BCUT2D eigenvalue weighted by Gasteiger charge is -2.61. The van der Waals surface area contributed by atoms with Crippen LogP contribution in [0.25, 0.3) is 0 Å². The maximum atomic E-state index is 5.99. The zero-order chi connectivity index (χ0) is 14.2. The average molecular weight is 279 g/mol. The lowest BCUT2D eigenvalue weighted by molar-refractivity contribution is -0.152. The molecule has 116 valence electrons. The van der Waals surface area contributed by atoms with Gasteiger partial charge in [0.25, 0.3) is 0 Å². The van der Waals surface area contributed by atoms with Crippen molar-refractivity contribution in [1.82, 2.24) is 4.90 Å². The van der Waals surface area contributed by atoms with Crippen molar-refractivity contribution in [3.8, 4) is 0 Å². The normalized spacial score (nSPS) is 43.2. The minimum atomic E-state index is 0.599. The van der Waals surface area contributed by atoms with Crippen molar-refractivity contribution >= 4 is 0 Å². The Morgan fingerprint density at radius 2 is 1.75 bits per heavy atom. The maximum Gasteiger partial charge on any atom is 0.0585 e. The number of hydrogen-bond acceptors (Lipinski definition) is 2. The summed E-state index contributed by atoms with van der Waals surface area (Å²) in [5, 5.41) is 0. The molecule has 0 unspecified atom stereocenters. The lowest BCUT2D eigenvalue weighted by atomic mass is 9.52. The molecule has 0 saturated heterocycles. The molecule has 0 atom stereocenters. The molecule has 1 spiro atoms. The van der Waals surface area contributed by atoms with Crippen molar-refractivity contribution in [2.75, 3.05) is 13.7 Å². The van der Waals surface area contributed by atoms with E-state index in [0.717, 1.165) is 24.6 Å². The molecule has 3 aliphatic rings. The summed E-state index contributed by atoms with van der Waals surface area (Å²) in [5.41, 5.74) is 0.698. The van der Waals surface area contributed by atoms with Crippen LogP contribution in [0.2, 0.25) is 0 Å². The molecule has 0 aromatic heterocycles. The highest BCUT2D eigenvalue weighted by Crippen LogP contribution is 2.58. The number of unbranched alkanes of at least 4 members (excludes halogenated alkanes) is 2. The van der Waals surface area contributed by atoms with E-state index in [1.165, 1.54) is 57.8 Å². The molecular formula is C18H33NO. The molecule has 20 heavy (non-hydrogen) atoms. The van der Waals surface area contributed by atoms with Crippen LogP contribution in [-0.4, -0.2) is 36.7 Å². The Hall–Kier alpha value is -0.0800. The summed E-state index contributed by atoms with van der Waals surface area (Å²) in [4.78, 5) is 2.70. The standard InChI is InChI=1S/C18H33NO/c1-4-5-6-7-20-17-12-18(13-17)10-16(11-18)19(3)15-8-14(2)9-15/h14-17H,4-13H2,1-3H3. The van der Waals surface area contributed by atoms with Gasteiger partial charge in [-0.3, -0.25) is 0 Å². The molecule has 2 heteroatoms. The van der Waals surface area contributed by atoms with Crippen LogP contribution in [-0.2, 0) is 4.74 Å². The first-order chi connectivity index (χ1) is 9.62. The number of hydrogen-bond donors (Lipinski definition) is 0. The van der Waals surface area contributed by atoms with E-state index in [0.29, 0.717) is 11.5 Å². The summed E-state index contributed by atoms with van der Waals surface area (Å²) in [6.07, 6.45) is 12.9. The molecular weight excluding hydrogens is 246 g/mol. The minimum Gasteiger partial charge on any atom is -0.378 e. The van der Waals surface area contributed by atoms with Crippen molar-refractivity contribution in [3.05, 3.63) is 0 Å². The van der Waals surface area contributed by atoms with Crippen LogP contribution in [0.4, 0.5) is 0 Å². The highest BCUT2D eigenvalue weighted by molar-refractivity contribution is 5.07. The van der Waals surface area contributed by atoms with Crippen LogP contribution in [0, 0.1) is 11.3 Å². The fourth-order valence-corrected chi connectivity index (χ4v) is 4.68. The van der Waals surface area contributed by atoms with Gasteiger partial charge in [-0.25, -0.2) is 0 Å². The average Bonchev–Trinajstić information content (AvgIpc) is 2.29. The quantitative estimate of drug-likeness (QED) is 0.646. The van der Waals surface area contributed by atoms with Crippen molar-refractivity contribution < 1.29 is 4.74 Å². The van der Waals surface area contributed by atoms with Gasteiger partial charge in [-0.15, -0.1) is 0 Å². The van der Waals surface area contributed by atoms with E-state index < -0.39 is 0 Å². The summed E-state index contributed by atoms with van der Waals surface area (Å²) in [6, 6.07) is 1.78. The zero-order valence-corrected chi connectivity index (χ0v) is 13.7. The molecule has 3 aliphatic carbocycles. The second-order valence-electron chi connectivity index (χ2n) is 8.07. The summed E-state index contributed by atoms with van der Waals surface area (Å²) < 4.78 is 5.99. The van der Waals surface area contributed by atoms with Gasteiger partial charge in [0, 0.05) is 18.7 Å². The SMILES string of the molecule is CCCCCOC1CC2(C1)CC(N(C)C1CC(C)C1)C2. The van der Waals surface area contributed by atoms with Gasteiger partial charge in [0.05, 0.1) is 6.10 Å². The Balaban J connectivity index is 1.29. The van der Waals surface area contributed by atoms with Gasteiger partial charge in [-0.2, -0.15) is 0 Å². The van der Waals surface area contributed by atoms with Crippen LogP contribution in [0.1, 0.15) is 71.6 Å². The molecule has 2 nitrogen and oxygen atoms in total. The molecule has 0 radical (unpaired) electrons. The zero-order valence-electron chi connectivity index (χ0n) is 13.7. The molecule has 0 amide bonds. The molecule has 0 aliphatic heterocycles. The van der Waals surface area contributed by atoms with Crippen LogP contribution < -0.4 is 0 Å². The van der Waals surface area contributed by atoms with E-state index in [2.05, 4.69) is 25.8 Å². The smallest absolute Gasteiger partial charge is 0.0585 e. The van der Waals surface area contributed by atoms with E-state index in [1.807, 2.05) is 0 Å². The molecule has 0 N–H and O–H groups in total. The highest BCUT2D eigenvalue weighted by Gasteiger charge is 2.55. The molecule has 3 saturated carbocycles. The Morgan fingerprint density at radius 1 is 1.05 bits per heavy atom. The van der Waals surface area contributed by atoms with Crippen LogP contribution in [0.5, 0.6) is 0 Å². The Morgan fingerprint density at radius 3 is 2.35 bits per heavy atom. The predicted molar refractivity (Wildman–Crippen MR) is 83.9 cm³/mol. The monoisotopic (exact) mass is 279 g/mol. The Kier molecular flexibility index (Phi) is 4.42. The van der Waals surface area contributed by atoms with E-state index in [-0.39, 0.29) is 0 Å². The van der Waals surface area contributed by atoms with Gasteiger partial charge in [-0.1, -0.05) is 26.7 Å². The summed E-state index contributed by atoms with van der Waals surface area (Å²) in [5.74, 6) is 0.973. The molecule has 0 aromatic carbocycles. The van der Waals surface area contributed by atoms with Gasteiger partial charge in [0.1, 0.15) is 0 Å². The van der Waals surface area contributed by atoms with Crippen molar-refractivity contribution in [1.29, 1.82) is 0 Å². The van der Waals surface area contributed by atoms with Crippen molar-refractivity contribution in [2.24, 2.45) is 11.3 Å². The fraction of sp³-hybridized carbons (Fsp3) is 1.00. The summed E-state index contributed by atoms with van der Waals surface area (Å²) >= 11 is 0. The molecule has 3 rings (SSSR count). The highest BCUT2D eigenvalue weighted by atomic mass is 16.5. The molecule has 0 bridgehead atoms. The topological polar surface area (TPSA) is 12.5 Å². The Labute approximate surface area is 125 Å². The first kappa shape index (κ1) is 14.8. The second kappa shape index (κ2) is 5.96. The molecule has 0 aromatic rings. The maximum absolute atomic E-state index is 5.99. The lowest BCUT2D eigenvalue weighted by Crippen LogP contribution is -2.60. The van der Waals surface area contributed by atoms with Gasteiger partial charge in [-0.05, 0) is 63.3 Å². The molecule has 3 fully saturated rings. The number of nitrogens with zero attached hydrogens (tertiary/aromatic N) is 1. The van der Waals surface area contributed by atoms with Crippen LogP contribution in [0.15, 0.2) is 0 Å². The van der Waals surface area contributed by atoms with E-state index in [4.69, 9.17) is 4.74 Å². The van der Waals surface area contributed by atoms with Crippen LogP contribution >= 0.6 is 0 Å². The number of rotatable bonds is 7. The summed E-state index contributed by atoms with van der Waals surface area (Å²) in [7, 11) is 2.37. The largest absolute Gasteiger partial charge is 0.378 e. The van der Waals surface area contributed by atoms with Crippen molar-refractivity contribution in [3.63, 3.8) is 0 Å². The van der Waals surface area contributed by atoms with Crippen molar-refractivity contribution in [2.45, 2.75) is 89.8 Å². The van der Waals surface area contributed by atoms with Gasteiger partial charge in [0.2, 0.25) is 0 Å². The van der Waals surface area contributed by atoms with E-state index >= 15 is 0 Å². The minimum absolute atomic E-state index is 0.599. The first-order valence-electron chi connectivity index (χ1n) is 8.95. The third-order valence-electron chi connectivity index (χ3n) is 6.26. The predicted octanol–water partition coefficient (Wildman–Crippen LogP) is 4.23. The van der Waals surface area contributed by atoms with Gasteiger partial charge < -0.3 is 9.64 Å². The second-order valence-corrected chi connectivity index (χ2v) is 8.07. The van der Waals surface area contributed by atoms with E-state index in [9.17, 15) is 0 Å².